The first-order chi connectivity index (χ1) is 28.1. The molecule has 1 aliphatic carbocycles. The van der Waals surface area contributed by atoms with Gasteiger partial charge in [0, 0.05) is 32.9 Å². The van der Waals surface area contributed by atoms with Crippen LogP contribution in [0.25, 0.3) is 89.2 Å². The maximum atomic E-state index is 6.11. The van der Waals surface area contributed by atoms with E-state index >= 15 is 0 Å². The van der Waals surface area contributed by atoms with Gasteiger partial charge < -0.3 is 4.42 Å². The minimum absolute atomic E-state index is 0.210. The Morgan fingerprint density at radius 3 is 1.63 bits per heavy atom. The lowest BCUT2D eigenvalue weighted by Gasteiger charge is -2.28. The molecule has 0 saturated carbocycles. The fourth-order valence-electron chi connectivity index (χ4n) is 8.82. The van der Waals surface area contributed by atoms with Gasteiger partial charge in [-0.1, -0.05) is 170 Å². The summed E-state index contributed by atoms with van der Waals surface area (Å²) in [6.45, 7) is 2.36. The van der Waals surface area contributed by atoms with E-state index in [1.54, 1.807) is 0 Å². The number of fused-ring (bicyclic) bond motifs is 6. The Balaban J connectivity index is 0.935. The summed E-state index contributed by atoms with van der Waals surface area (Å²) >= 11 is 0. The van der Waals surface area contributed by atoms with Gasteiger partial charge in [-0.2, -0.15) is 0 Å². The molecule has 0 fully saturated rings. The molecule has 0 radical (unpaired) electrons. The summed E-state index contributed by atoms with van der Waals surface area (Å²) in [5.74, 6) is 0.697. The van der Waals surface area contributed by atoms with E-state index in [4.69, 9.17) is 14.4 Å². The van der Waals surface area contributed by atoms with Gasteiger partial charge in [-0.25, -0.2) is 9.97 Å². The van der Waals surface area contributed by atoms with E-state index in [1.807, 2.05) is 30.3 Å². The van der Waals surface area contributed by atoms with Crippen LogP contribution in [-0.2, 0) is 5.41 Å². The van der Waals surface area contributed by atoms with E-state index in [1.165, 1.54) is 33.4 Å². The van der Waals surface area contributed by atoms with Crippen LogP contribution in [0.15, 0.2) is 205 Å². The highest BCUT2D eigenvalue weighted by atomic mass is 16.3. The van der Waals surface area contributed by atoms with E-state index in [9.17, 15) is 0 Å². The maximum Gasteiger partial charge on any atom is 0.160 e. The molecule has 0 spiro atoms. The van der Waals surface area contributed by atoms with Gasteiger partial charge in [0.15, 0.2) is 5.82 Å². The van der Waals surface area contributed by atoms with Gasteiger partial charge in [-0.05, 0) is 87.3 Å². The van der Waals surface area contributed by atoms with Crippen LogP contribution in [0.3, 0.4) is 0 Å². The van der Waals surface area contributed by atoms with Gasteiger partial charge in [0.05, 0.1) is 11.4 Å². The lowest BCUT2D eigenvalue weighted by Crippen LogP contribution is -2.22. The van der Waals surface area contributed by atoms with Crippen molar-refractivity contribution in [2.45, 2.75) is 12.3 Å². The van der Waals surface area contributed by atoms with Crippen molar-refractivity contribution < 1.29 is 4.42 Å². The molecule has 268 valence electrons. The number of aromatic nitrogens is 2. The average molecular weight is 729 g/mol. The molecule has 0 atom stereocenters. The highest BCUT2D eigenvalue weighted by Gasteiger charge is 2.40. The van der Waals surface area contributed by atoms with Crippen LogP contribution < -0.4 is 0 Å². The van der Waals surface area contributed by atoms with Crippen LogP contribution in [0.2, 0.25) is 0 Å². The molecule has 0 bridgehead atoms. The van der Waals surface area contributed by atoms with Crippen molar-refractivity contribution in [1.29, 1.82) is 0 Å². The van der Waals surface area contributed by atoms with Gasteiger partial charge in [0.2, 0.25) is 0 Å². The number of rotatable bonds is 6. The maximum absolute atomic E-state index is 6.11. The second kappa shape index (κ2) is 13.1. The summed E-state index contributed by atoms with van der Waals surface area (Å²) in [4.78, 5) is 10.2. The molecule has 3 heteroatoms. The Kier molecular flexibility index (Phi) is 7.61. The molecule has 0 unspecified atom stereocenters. The summed E-state index contributed by atoms with van der Waals surface area (Å²) in [6.07, 6.45) is 0. The Morgan fingerprint density at radius 2 is 0.895 bits per heavy atom. The second-order valence-electron chi connectivity index (χ2n) is 15.1. The Bertz CT molecular complexity index is 3080. The largest absolute Gasteiger partial charge is 0.456 e. The molecule has 3 nitrogen and oxygen atoms in total. The first kappa shape index (κ1) is 33.0. The number of para-hydroxylation sites is 1. The van der Waals surface area contributed by atoms with Crippen LogP contribution in [0.5, 0.6) is 0 Å². The summed E-state index contributed by atoms with van der Waals surface area (Å²) in [5.41, 5.74) is 17.6. The van der Waals surface area contributed by atoms with Crippen LogP contribution in [-0.4, -0.2) is 9.97 Å². The lowest BCUT2D eigenvalue weighted by atomic mass is 9.74. The summed E-state index contributed by atoms with van der Waals surface area (Å²) in [6, 6.07) is 71.1. The van der Waals surface area contributed by atoms with E-state index in [-0.39, 0.29) is 5.41 Å². The predicted molar refractivity (Wildman–Crippen MR) is 234 cm³/mol. The molecular weight excluding hydrogens is 693 g/mol. The van der Waals surface area contributed by atoms with Crippen molar-refractivity contribution >= 4 is 21.9 Å². The zero-order valence-corrected chi connectivity index (χ0v) is 31.4. The average Bonchev–Trinajstić information content (AvgIpc) is 3.79. The quantitative estimate of drug-likeness (QED) is 0.171. The standard InChI is InChI=1S/C54H36N2O/c1-54(47-19-8-5-16-43(47)44-17-6-9-20-48(44)54)42-29-26-36(27-30-42)35-22-24-37(25-23-35)49-34-50(56-53(55-49)38-12-3-2-4-13-38)41-15-11-14-39(32-41)40-28-31-52-46(33-40)45-18-7-10-21-51(45)57-52/h2-34H,1H3. The van der Waals surface area contributed by atoms with Crippen molar-refractivity contribution in [2.75, 3.05) is 0 Å². The molecule has 0 saturated heterocycles. The molecule has 57 heavy (non-hydrogen) atoms. The minimum atomic E-state index is -0.210. The van der Waals surface area contributed by atoms with Gasteiger partial charge in [0.1, 0.15) is 11.2 Å². The van der Waals surface area contributed by atoms with Crippen LogP contribution in [0, 0.1) is 0 Å². The molecular formula is C54H36N2O. The molecule has 10 aromatic rings. The van der Waals surface area contributed by atoms with E-state index in [0.29, 0.717) is 5.82 Å². The van der Waals surface area contributed by atoms with Gasteiger partial charge >= 0.3 is 0 Å². The first-order valence-corrected chi connectivity index (χ1v) is 19.5. The molecule has 1 aliphatic rings. The third-order valence-electron chi connectivity index (χ3n) is 11.8. The number of furan rings is 1. The third-order valence-corrected chi connectivity index (χ3v) is 11.8. The molecule has 8 aromatic carbocycles. The smallest absolute Gasteiger partial charge is 0.160 e. The monoisotopic (exact) mass is 728 g/mol. The first-order valence-electron chi connectivity index (χ1n) is 19.5. The van der Waals surface area contributed by atoms with E-state index in [0.717, 1.165) is 66.7 Å². The zero-order chi connectivity index (χ0) is 37.9. The Labute approximate surface area is 331 Å². The number of hydrogen-bond donors (Lipinski definition) is 0. The van der Waals surface area contributed by atoms with E-state index in [2.05, 4.69) is 177 Å². The predicted octanol–water partition coefficient (Wildman–Crippen LogP) is 14.0. The molecule has 11 rings (SSSR count). The Morgan fingerprint density at radius 1 is 0.368 bits per heavy atom. The molecule has 2 heterocycles. The van der Waals surface area contributed by atoms with Crippen molar-refractivity contribution in [2.24, 2.45) is 0 Å². The topological polar surface area (TPSA) is 38.9 Å². The fourth-order valence-corrected chi connectivity index (χ4v) is 8.82. The minimum Gasteiger partial charge on any atom is -0.456 e. The van der Waals surface area contributed by atoms with Gasteiger partial charge in [-0.15, -0.1) is 0 Å². The van der Waals surface area contributed by atoms with Crippen LogP contribution >= 0.6 is 0 Å². The highest BCUT2D eigenvalue weighted by Crippen LogP contribution is 2.52. The third kappa shape index (κ3) is 5.50. The van der Waals surface area contributed by atoms with Crippen LogP contribution in [0.4, 0.5) is 0 Å². The molecule has 2 aromatic heterocycles. The second-order valence-corrected chi connectivity index (χ2v) is 15.1. The van der Waals surface area contributed by atoms with Crippen LogP contribution in [0.1, 0.15) is 23.6 Å². The molecule has 0 amide bonds. The summed E-state index contributed by atoms with van der Waals surface area (Å²) < 4.78 is 6.11. The number of nitrogens with zero attached hydrogens (tertiary/aromatic N) is 2. The highest BCUT2D eigenvalue weighted by molar-refractivity contribution is 6.06. The lowest BCUT2D eigenvalue weighted by molar-refractivity contribution is 0.669. The van der Waals surface area contributed by atoms with Crippen molar-refractivity contribution in [3.8, 4) is 67.3 Å². The summed E-state index contributed by atoms with van der Waals surface area (Å²) in [5, 5.41) is 2.24. The number of hydrogen-bond acceptors (Lipinski definition) is 3. The fraction of sp³-hybridized carbons (Fsp3) is 0.0370. The van der Waals surface area contributed by atoms with Gasteiger partial charge in [0.25, 0.3) is 0 Å². The normalized spacial score (nSPS) is 12.8. The van der Waals surface area contributed by atoms with Crippen molar-refractivity contribution in [3.05, 3.63) is 217 Å². The molecule has 0 N–H and O–H groups in total. The zero-order valence-electron chi connectivity index (χ0n) is 31.4. The van der Waals surface area contributed by atoms with Crippen molar-refractivity contribution in [3.63, 3.8) is 0 Å². The molecule has 0 aliphatic heterocycles. The number of benzene rings is 8. The van der Waals surface area contributed by atoms with E-state index < -0.39 is 0 Å². The van der Waals surface area contributed by atoms with Crippen molar-refractivity contribution in [1.82, 2.24) is 9.97 Å². The summed E-state index contributed by atoms with van der Waals surface area (Å²) in [7, 11) is 0. The Hall–Kier alpha value is -7.36. The SMILES string of the molecule is CC1(c2ccc(-c3ccc(-c4cc(-c5cccc(-c6ccc7oc8ccccc8c7c6)c5)nc(-c5ccccc5)n4)cc3)cc2)c2ccccc2-c2ccccc21. The van der Waals surface area contributed by atoms with Gasteiger partial charge in [-0.3, -0.25) is 0 Å².